The van der Waals surface area contributed by atoms with Crippen LogP contribution in [-0.2, 0) is 19.4 Å². The highest BCUT2D eigenvalue weighted by Crippen LogP contribution is 2.28. The number of nitrogens with zero attached hydrogens (tertiary/aromatic N) is 3. The van der Waals surface area contributed by atoms with Gasteiger partial charge in [-0.05, 0) is 24.6 Å². The average Bonchev–Trinajstić information content (AvgIpc) is 3.23. The fourth-order valence-corrected chi connectivity index (χ4v) is 6.30. The number of amides is 2. The van der Waals surface area contributed by atoms with Crippen molar-refractivity contribution in [2.45, 2.75) is 18.9 Å². The minimum Gasteiger partial charge on any atom is -0.368 e. The minimum absolute atomic E-state index is 0.00227. The lowest BCUT2D eigenvalue weighted by Crippen LogP contribution is -2.50. The van der Waals surface area contributed by atoms with Gasteiger partial charge in [0.1, 0.15) is 0 Å². The van der Waals surface area contributed by atoms with Crippen LogP contribution in [0.15, 0.2) is 24.3 Å². The SMILES string of the molecule is O=C([C@H]1CC(=O)N([C@@H]2CCS(=O)(=O)C2)C1)N1CCN(c2cccc(Cl)c2)CC1. The van der Waals surface area contributed by atoms with E-state index in [1.807, 2.05) is 29.2 Å². The van der Waals surface area contributed by atoms with Crippen LogP contribution in [0, 0.1) is 5.92 Å². The Morgan fingerprint density at radius 1 is 1.14 bits per heavy atom. The van der Waals surface area contributed by atoms with E-state index in [4.69, 9.17) is 11.6 Å². The molecule has 9 heteroatoms. The normalized spacial score (nSPS) is 27.5. The number of halogens is 1. The Kier molecular flexibility index (Phi) is 5.26. The third kappa shape index (κ3) is 3.98. The van der Waals surface area contributed by atoms with Crippen LogP contribution in [0.25, 0.3) is 0 Å². The van der Waals surface area contributed by atoms with Gasteiger partial charge in [0.05, 0.1) is 17.4 Å². The molecular formula is C19H24ClN3O4S. The number of benzene rings is 1. The Bertz CT molecular complexity index is 883. The first kappa shape index (κ1) is 19.5. The molecule has 0 N–H and O–H groups in total. The van der Waals surface area contributed by atoms with Crippen LogP contribution in [0.2, 0.25) is 5.02 Å². The molecule has 0 bridgehead atoms. The largest absolute Gasteiger partial charge is 0.368 e. The van der Waals surface area contributed by atoms with Crippen molar-refractivity contribution in [3.8, 4) is 0 Å². The summed E-state index contributed by atoms with van der Waals surface area (Å²) < 4.78 is 23.4. The second kappa shape index (κ2) is 7.55. The van der Waals surface area contributed by atoms with E-state index in [1.165, 1.54) is 0 Å². The predicted molar refractivity (Wildman–Crippen MR) is 107 cm³/mol. The maximum absolute atomic E-state index is 12.9. The molecular weight excluding hydrogens is 402 g/mol. The second-order valence-corrected chi connectivity index (χ2v) is 10.5. The number of rotatable bonds is 3. The summed E-state index contributed by atoms with van der Waals surface area (Å²) in [6.07, 6.45) is 0.664. The third-order valence-corrected chi connectivity index (χ3v) is 7.91. The molecule has 3 aliphatic heterocycles. The summed E-state index contributed by atoms with van der Waals surface area (Å²) in [5.41, 5.74) is 1.05. The van der Waals surface area contributed by atoms with Crippen molar-refractivity contribution in [3.05, 3.63) is 29.3 Å². The van der Waals surface area contributed by atoms with Crippen molar-refractivity contribution in [2.75, 3.05) is 49.1 Å². The van der Waals surface area contributed by atoms with Gasteiger partial charge >= 0.3 is 0 Å². The summed E-state index contributed by atoms with van der Waals surface area (Å²) in [7, 11) is -3.05. The van der Waals surface area contributed by atoms with Crippen LogP contribution in [0.5, 0.6) is 0 Å². The van der Waals surface area contributed by atoms with E-state index in [1.54, 1.807) is 4.90 Å². The molecule has 152 valence electrons. The molecule has 0 radical (unpaired) electrons. The molecule has 0 unspecified atom stereocenters. The molecule has 0 aliphatic carbocycles. The fourth-order valence-electron chi connectivity index (χ4n) is 4.39. The van der Waals surface area contributed by atoms with Crippen molar-refractivity contribution >= 4 is 38.9 Å². The van der Waals surface area contributed by atoms with Gasteiger partial charge in [-0.3, -0.25) is 9.59 Å². The standard InChI is InChI=1S/C19H24ClN3O4S/c20-15-2-1-3-16(11-15)21-5-7-22(8-6-21)19(25)14-10-18(24)23(12-14)17-4-9-28(26,27)13-17/h1-3,11,14,17H,4-10,12-13H2/t14-,17+/m0/s1. The molecule has 4 rings (SSSR count). The van der Waals surface area contributed by atoms with Crippen LogP contribution < -0.4 is 4.90 Å². The zero-order chi connectivity index (χ0) is 19.9. The number of piperazine rings is 1. The second-order valence-electron chi connectivity index (χ2n) is 7.80. The Labute approximate surface area is 170 Å². The summed E-state index contributed by atoms with van der Waals surface area (Å²) in [5.74, 6) is -0.308. The van der Waals surface area contributed by atoms with Gasteiger partial charge in [0, 0.05) is 55.9 Å². The summed E-state index contributed by atoms with van der Waals surface area (Å²) in [5, 5.41) is 0.689. The highest BCUT2D eigenvalue weighted by Gasteiger charge is 2.43. The van der Waals surface area contributed by atoms with Crippen molar-refractivity contribution in [1.29, 1.82) is 0 Å². The smallest absolute Gasteiger partial charge is 0.228 e. The number of hydrogen-bond acceptors (Lipinski definition) is 5. The molecule has 0 saturated carbocycles. The van der Waals surface area contributed by atoms with Crippen molar-refractivity contribution in [2.24, 2.45) is 5.92 Å². The molecule has 1 aromatic carbocycles. The first-order chi connectivity index (χ1) is 13.3. The number of anilines is 1. The molecule has 1 aromatic rings. The van der Waals surface area contributed by atoms with Gasteiger partial charge in [-0.25, -0.2) is 8.42 Å². The van der Waals surface area contributed by atoms with Gasteiger partial charge in [0.15, 0.2) is 9.84 Å². The van der Waals surface area contributed by atoms with Crippen LogP contribution >= 0.6 is 11.6 Å². The Morgan fingerprint density at radius 3 is 2.54 bits per heavy atom. The van der Waals surface area contributed by atoms with E-state index in [2.05, 4.69) is 4.90 Å². The molecule has 28 heavy (non-hydrogen) atoms. The van der Waals surface area contributed by atoms with Gasteiger partial charge in [0.2, 0.25) is 11.8 Å². The molecule has 3 saturated heterocycles. The van der Waals surface area contributed by atoms with Gasteiger partial charge in [-0.2, -0.15) is 0 Å². The Hall–Kier alpha value is -1.80. The highest BCUT2D eigenvalue weighted by atomic mass is 35.5. The van der Waals surface area contributed by atoms with Gasteiger partial charge in [0.25, 0.3) is 0 Å². The molecule has 7 nitrogen and oxygen atoms in total. The first-order valence-corrected chi connectivity index (χ1v) is 11.8. The number of carbonyl (C=O) groups excluding carboxylic acids is 2. The molecule has 2 amide bonds. The highest BCUT2D eigenvalue weighted by molar-refractivity contribution is 7.91. The molecule has 3 aliphatic rings. The zero-order valence-corrected chi connectivity index (χ0v) is 17.2. The van der Waals surface area contributed by atoms with Crippen LogP contribution in [0.3, 0.4) is 0 Å². The lowest BCUT2D eigenvalue weighted by molar-refractivity contribution is -0.136. The minimum atomic E-state index is -3.05. The maximum Gasteiger partial charge on any atom is 0.228 e. The Balaban J connectivity index is 1.34. The monoisotopic (exact) mass is 425 g/mol. The number of likely N-dealkylation sites (tertiary alicyclic amines) is 1. The molecule has 3 fully saturated rings. The van der Waals surface area contributed by atoms with E-state index in [0.717, 1.165) is 18.8 Å². The number of hydrogen-bond donors (Lipinski definition) is 0. The van der Waals surface area contributed by atoms with Gasteiger partial charge < -0.3 is 14.7 Å². The van der Waals surface area contributed by atoms with E-state index in [9.17, 15) is 18.0 Å². The van der Waals surface area contributed by atoms with Crippen LogP contribution in [0.4, 0.5) is 5.69 Å². The average molecular weight is 426 g/mol. The van der Waals surface area contributed by atoms with E-state index >= 15 is 0 Å². The third-order valence-electron chi connectivity index (χ3n) is 5.92. The van der Waals surface area contributed by atoms with E-state index in [-0.39, 0.29) is 41.7 Å². The quantitative estimate of drug-likeness (QED) is 0.722. The summed E-state index contributed by atoms with van der Waals surface area (Å²) in [6.45, 7) is 2.99. The topological polar surface area (TPSA) is 78.0 Å². The van der Waals surface area contributed by atoms with Crippen LogP contribution in [0.1, 0.15) is 12.8 Å². The van der Waals surface area contributed by atoms with Gasteiger partial charge in [-0.15, -0.1) is 0 Å². The lowest BCUT2D eigenvalue weighted by Gasteiger charge is -2.37. The molecule has 3 heterocycles. The Morgan fingerprint density at radius 2 is 1.89 bits per heavy atom. The summed E-state index contributed by atoms with van der Waals surface area (Å²) >= 11 is 6.06. The first-order valence-electron chi connectivity index (χ1n) is 9.61. The summed E-state index contributed by atoms with van der Waals surface area (Å²) in [6, 6.07) is 7.41. The van der Waals surface area contributed by atoms with E-state index in [0.29, 0.717) is 31.1 Å². The fraction of sp³-hybridized carbons (Fsp3) is 0.579. The molecule has 0 spiro atoms. The molecule has 0 aromatic heterocycles. The lowest BCUT2D eigenvalue weighted by atomic mass is 10.1. The number of carbonyl (C=O) groups is 2. The van der Waals surface area contributed by atoms with Crippen molar-refractivity contribution in [1.82, 2.24) is 9.80 Å². The summed E-state index contributed by atoms with van der Waals surface area (Å²) in [4.78, 5) is 30.9. The van der Waals surface area contributed by atoms with Crippen molar-refractivity contribution in [3.63, 3.8) is 0 Å². The van der Waals surface area contributed by atoms with E-state index < -0.39 is 9.84 Å². The maximum atomic E-state index is 12.9. The van der Waals surface area contributed by atoms with Crippen molar-refractivity contribution < 1.29 is 18.0 Å². The van der Waals surface area contributed by atoms with Crippen LogP contribution in [-0.4, -0.2) is 80.3 Å². The van der Waals surface area contributed by atoms with Gasteiger partial charge in [-0.1, -0.05) is 17.7 Å². The number of sulfone groups is 1. The zero-order valence-electron chi connectivity index (χ0n) is 15.6. The molecule has 2 atom stereocenters. The predicted octanol–water partition coefficient (Wildman–Crippen LogP) is 1.02.